The molecule has 0 saturated heterocycles. The van der Waals surface area contributed by atoms with Crippen molar-refractivity contribution < 1.29 is 17.8 Å². The zero-order valence-electron chi connectivity index (χ0n) is 10.2. The van der Waals surface area contributed by atoms with Crippen LogP contribution in [0, 0.1) is 13.8 Å². The van der Waals surface area contributed by atoms with Crippen LogP contribution in [0.1, 0.15) is 16.7 Å². The van der Waals surface area contributed by atoms with Crippen LogP contribution in [-0.4, -0.2) is 10.3 Å². The van der Waals surface area contributed by atoms with Crippen LogP contribution in [-0.2, 0) is 6.18 Å². The Morgan fingerprint density at radius 1 is 0.947 bits per heavy atom. The summed E-state index contributed by atoms with van der Waals surface area (Å²) in [5.74, 6) is 0. The van der Waals surface area contributed by atoms with Gasteiger partial charge in [-0.1, -0.05) is 6.07 Å². The normalized spacial score (nSPS) is 12.5. The van der Waals surface area contributed by atoms with Gasteiger partial charge in [0.2, 0.25) is 0 Å². The largest absolute Gasteiger partial charge is 0.418 e. The summed E-state index contributed by atoms with van der Waals surface area (Å²) in [6, 6.07) is 4.61. The lowest BCUT2D eigenvalue weighted by molar-refractivity contribution is -0.136. The maximum atomic E-state index is 13.0. The van der Waals surface area contributed by atoms with Gasteiger partial charge in [-0.05, 0) is 52.8 Å². The highest BCUT2D eigenvalue weighted by Gasteiger charge is 2.35. The summed E-state index contributed by atoms with van der Waals surface area (Å²) in [5.41, 5.74) is 0.990. The van der Waals surface area contributed by atoms with Gasteiger partial charge in [-0.3, -0.25) is 0 Å². The summed E-state index contributed by atoms with van der Waals surface area (Å²) >= 11 is 0. The number of nitrogens with zero attached hydrogens (tertiary/aromatic N) is 2. The molecule has 0 spiro atoms. The van der Waals surface area contributed by atoms with Gasteiger partial charge in [0.25, 0.3) is 0 Å². The van der Waals surface area contributed by atoms with E-state index in [9.17, 15) is 13.2 Å². The molecule has 0 N–H and O–H groups in total. The molecule has 98 valence electrons. The van der Waals surface area contributed by atoms with Gasteiger partial charge in [-0.25, -0.2) is 4.63 Å². The smallest absolute Gasteiger partial charge is 0.243 e. The van der Waals surface area contributed by atoms with Crippen LogP contribution in [0.25, 0.3) is 21.8 Å². The van der Waals surface area contributed by atoms with E-state index in [1.165, 1.54) is 0 Å². The van der Waals surface area contributed by atoms with E-state index < -0.39 is 11.7 Å². The molecular weight excluding hydrogens is 257 g/mol. The lowest BCUT2D eigenvalue weighted by atomic mass is 9.99. The molecule has 6 heteroatoms. The molecule has 0 atom stereocenters. The maximum Gasteiger partial charge on any atom is 0.418 e. The zero-order valence-corrected chi connectivity index (χ0v) is 10.2. The molecule has 0 unspecified atom stereocenters. The van der Waals surface area contributed by atoms with Crippen molar-refractivity contribution in [3.63, 3.8) is 0 Å². The van der Waals surface area contributed by atoms with Crippen LogP contribution in [0.5, 0.6) is 0 Å². The Morgan fingerprint density at radius 2 is 1.58 bits per heavy atom. The van der Waals surface area contributed by atoms with Gasteiger partial charge >= 0.3 is 6.18 Å². The Balaban J connectivity index is 2.52. The summed E-state index contributed by atoms with van der Waals surface area (Å²) in [7, 11) is 0. The first-order chi connectivity index (χ1) is 8.88. The second-order valence-electron chi connectivity index (χ2n) is 4.54. The fraction of sp³-hybridized carbons (Fsp3) is 0.231. The number of halogens is 3. The average molecular weight is 266 g/mol. The molecule has 3 nitrogen and oxygen atoms in total. The van der Waals surface area contributed by atoms with Crippen molar-refractivity contribution in [2.24, 2.45) is 0 Å². The molecule has 0 aliphatic heterocycles. The van der Waals surface area contributed by atoms with E-state index in [2.05, 4.69) is 14.9 Å². The van der Waals surface area contributed by atoms with E-state index in [-0.39, 0.29) is 11.0 Å². The highest BCUT2D eigenvalue weighted by molar-refractivity contribution is 6.05. The quantitative estimate of drug-likeness (QED) is 0.617. The van der Waals surface area contributed by atoms with Crippen molar-refractivity contribution in [1.29, 1.82) is 0 Å². The standard InChI is InChI=1S/C13H9F3N2O/c1-6-3-8-5-10(13(14,15)16)12-11(17-19-18-12)9(8)4-7(6)2/h3-5H,1-2H3. The molecule has 1 aromatic heterocycles. The molecule has 0 aliphatic rings. The molecule has 19 heavy (non-hydrogen) atoms. The van der Waals surface area contributed by atoms with Crippen LogP contribution in [0.2, 0.25) is 0 Å². The second-order valence-corrected chi connectivity index (χ2v) is 4.54. The third kappa shape index (κ3) is 1.75. The van der Waals surface area contributed by atoms with Gasteiger partial charge in [0.05, 0.1) is 5.56 Å². The maximum absolute atomic E-state index is 13.0. The fourth-order valence-electron chi connectivity index (χ4n) is 2.14. The van der Waals surface area contributed by atoms with E-state index >= 15 is 0 Å². The minimum Gasteiger partial charge on any atom is -0.243 e. The van der Waals surface area contributed by atoms with E-state index in [0.717, 1.165) is 17.2 Å². The van der Waals surface area contributed by atoms with Crippen molar-refractivity contribution in [3.8, 4) is 0 Å². The van der Waals surface area contributed by atoms with Crippen molar-refractivity contribution in [1.82, 2.24) is 10.3 Å². The highest BCUT2D eigenvalue weighted by atomic mass is 19.4. The molecule has 0 saturated carbocycles. The number of fused-ring (bicyclic) bond motifs is 3. The van der Waals surface area contributed by atoms with Crippen LogP contribution in [0.3, 0.4) is 0 Å². The van der Waals surface area contributed by atoms with Gasteiger partial charge in [-0.15, -0.1) is 0 Å². The van der Waals surface area contributed by atoms with Crippen molar-refractivity contribution in [2.45, 2.75) is 20.0 Å². The summed E-state index contributed by atoms with van der Waals surface area (Å²) in [6.45, 7) is 3.75. The molecule has 0 fully saturated rings. The predicted molar refractivity (Wildman–Crippen MR) is 63.8 cm³/mol. The van der Waals surface area contributed by atoms with E-state index in [0.29, 0.717) is 10.8 Å². The fourth-order valence-corrected chi connectivity index (χ4v) is 2.14. The summed E-state index contributed by atoms with van der Waals surface area (Å²) in [4.78, 5) is 0. The summed E-state index contributed by atoms with van der Waals surface area (Å²) < 4.78 is 43.5. The van der Waals surface area contributed by atoms with E-state index in [1.54, 1.807) is 12.1 Å². The Bertz CT molecular complexity index is 790. The van der Waals surface area contributed by atoms with Gasteiger partial charge in [0.1, 0.15) is 11.0 Å². The van der Waals surface area contributed by atoms with Gasteiger partial charge in [-0.2, -0.15) is 13.2 Å². The molecule has 3 rings (SSSR count). The Labute approximate surface area is 106 Å². The first-order valence-corrected chi connectivity index (χ1v) is 5.61. The van der Waals surface area contributed by atoms with Gasteiger partial charge in [0.15, 0.2) is 0 Å². The number of benzene rings is 2. The molecule has 1 heterocycles. The van der Waals surface area contributed by atoms with Crippen molar-refractivity contribution in [3.05, 3.63) is 34.9 Å². The third-order valence-corrected chi connectivity index (χ3v) is 3.27. The van der Waals surface area contributed by atoms with Crippen LogP contribution < -0.4 is 0 Å². The molecule has 0 aliphatic carbocycles. The molecule has 0 amide bonds. The monoisotopic (exact) mass is 266 g/mol. The van der Waals surface area contributed by atoms with Crippen LogP contribution >= 0.6 is 0 Å². The first-order valence-electron chi connectivity index (χ1n) is 5.61. The minimum absolute atomic E-state index is 0.146. The number of aryl methyl sites for hydroxylation is 2. The number of hydrogen-bond donors (Lipinski definition) is 0. The Kier molecular flexibility index (Phi) is 2.32. The molecule has 2 aromatic carbocycles. The number of rotatable bonds is 0. The third-order valence-electron chi connectivity index (χ3n) is 3.27. The van der Waals surface area contributed by atoms with Gasteiger partial charge < -0.3 is 0 Å². The summed E-state index contributed by atoms with van der Waals surface area (Å²) in [5, 5.41) is 8.09. The highest BCUT2D eigenvalue weighted by Crippen LogP contribution is 2.37. The topological polar surface area (TPSA) is 38.9 Å². The predicted octanol–water partition coefficient (Wildman–Crippen LogP) is 4.01. The Morgan fingerprint density at radius 3 is 2.26 bits per heavy atom. The van der Waals surface area contributed by atoms with Gasteiger partial charge in [0, 0.05) is 5.39 Å². The number of hydrogen-bond acceptors (Lipinski definition) is 3. The van der Waals surface area contributed by atoms with E-state index in [4.69, 9.17) is 0 Å². The summed E-state index contributed by atoms with van der Waals surface area (Å²) in [6.07, 6.45) is -4.48. The number of alkyl halides is 3. The molecular formula is C13H9F3N2O. The average Bonchev–Trinajstić information content (AvgIpc) is 2.77. The van der Waals surface area contributed by atoms with E-state index in [1.807, 2.05) is 13.8 Å². The van der Waals surface area contributed by atoms with Crippen LogP contribution in [0.15, 0.2) is 22.8 Å². The molecule has 0 radical (unpaired) electrons. The zero-order chi connectivity index (χ0) is 13.8. The first kappa shape index (κ1) is 12.0. The minimum atomic E-state index is -4.48. The number of aromatic nitrogens is 2. The van der Waals surface area contributed by atoms with Crippen molar-refractivity contribution in [2.75, 3.05) is 0 Å². The molecule has 0 bridgehead atoms. The van der Waals surface area contributed by atoms with Crippen molar-refractivity contribution >= 4 is 21.8 Å². The SMILES string of the molecule is Cc1cc2cc(C(F)(F)F)c3nonc3c2cc1C. The lowest BCUT2D eigenvalue weighted by Gasteiger charge is -2.09. The Hall–Kier alpha value is -2.11. The molecule has 3 aromatic rings. The lowest BCUT2D eigenvalue weighted by Crippen LogP contribution is -2.06. The van der Waals surface area contributed by atoms with Crippen LogP contribution in [0.4, 0.5) is 13.2 Å². The second kappa shape index (κ2) is 3.69.